The van der Waals surface area contributed by atoms with Crippen LogP contribution in [0.25, 0.3) is 0 Å². The normalized spacial score (nSPS) is 17.6. The highest BCUT2D eigenvalue weighted by molar-refractivity contribution is 7.91. The molecule has 1 fully saturated rings. The molecule has 7 nitrogen and oxygen atoms in total. The average molecular weight is 301 g/mol. The number of rotatable bonds is 4. The van der Waals surface area contributed by atoms with E-state index in [4.69, 9.17) is 11.5 Å². The molecule has 0 atom stereocenters. The highest BCUT2D eigenvalue weighted by atomic mass is 32.2. The second kappa shape index (κ2) is 5.61. The van der Waals surface area contributed by atoms with E-state index in [1.54, 1.807) is 4.68 Å². The molecule has 2 heterocycles. The van der Waals surface area contributed by atoms with Crippen LogP contribution >= 0.6 is 0 Å². The Labute approximate surface area is 119 Å². The summed E-state index contributed by atoms with van der Waals surface area (Å²) in [6, 6.07) is 0. The van der Waals surface area contributed by atoms with E-state index in [1.807, 2.05) is 11.8 Å². The molecular formula is C12H23N5O2S. The van der Waals surface area contributed by atoms with E-state index < -0.39 is 9.84 Å². The van der Waals surface area contributed by atoms with Gasteiger partial charge in [-0.15, -0.1) is 0 Å². The predicted octanol–water partition coefficient (Wildman–Crippen LogP) is 0.0638. The third-order valence-electron chi connectivity index (χ3n) is 3.85. The molecule has 0 spiro atoms. The van der Waals surface area contributed by atoms with Crippen molar-refractivity contribution in [1.82, 2.24) is 9.78 Å². The summed E-state index contributed by atoms with van der Waals surface area (Å²) in [4.78, 5) is 2.16. The molecule has 1 aliphatic heterocycles. The van der Waals surface area contributed by atoms with Crippen molar-refractivity contribution in [1.29, 1.82) is 0 Å². The smallest absolute Gasteiger partial charge is 0.182 e. The van der Waals surface area contributed by atoms with Gasteiger partial charge in [0.05, 0.1) is 0 Å². The molecule has 0 aromatic carbocycles. The second-order valence-corrected chi connectivity index (χ2v) is 7.24. The number of aromatic nitrogens is 2. The van der Waals surface area contributed by atoms with E-state index in [1.165, 1.54) is 6.26 Å². The van der Waals surface area contributed by atoms with Crippen molar-refractivity contribution in [2.45, 2.75) is 31.2 Å². The number of nitrogen functional groups attached to an aromatic ring is 1. The molecule has 114 valence electrons. The first-order valence-electron chi connectivity index (χ1n) is 6.89. The van der Waals surface area contributed by atoms with Crippen LogP contribution in [0.2, 0.25) is 0 Å². The van der Waals surface area contributed by atoms with E-state index in [2.05, 4.69) is 5.10 Å². The minimum Gasteiger partial charge on any atom is -0.383 e. The maximum atomic E-state index is 12.0. The lowest BCUT2D eigenvalue weighted by Crippen LogP contribution is -2.37. The lowest BCUT2D eigenvalue weighted by Gasteiger charge is -2.31. The van der Waals surface area contributed by atoms with Gasteiger partial charge in [0.25, 0.3) is 0 Å². The van der Waals surface area contributed by atoms with Crippen molar-refractivity contribution in [2.24, 2.45) is 11.7 Å². The van der Waals surface area contributed by atoms with Gasteiger partial charge in [0, 0.05) is 25.9 Å². The van der Waals surface area contributed by atoms with Crippen LogP contribution in [0.4, 0.5) is 11.6 Å². The Balaban J connectivity index is 2.37. The summed E-state index contributed by atoms with van der Waals surface area (Å²) in [6.45, 7) is 4.65. The minimum absolute atomic E-state index is 0.158. The van der Waals surface area contributed by atoms with Crippen molar-refractivity contribution < 1.29 is 8.42 Å². The van der Waals surface area contributed by atoms with Crippen LogP contribution in [-0.2, 0) is 16.4 Å². The molecule has 1 aromatic rings. The van der Waals surface area contributed by atoms with Gasteiger partial charge in [-0.25, -0.2) is 13.1 Å². The van der Waals surface area contributed by atoms with Gasteiger partial charge in [-0.2, -0.15) is 5.10 Å². The first-order valence-corrected chi connectivity index (χ1v) is 8.79. The lowest BCUT2D eigenvalue weighted by molar-refractivity contribution is 0.411. The van der Waals surface area contributed by atoms with Gasteiger partial charge < -0.3 is 16.4 Å². The van der Waals surface area contributed by atoms with Crippen LogP contribution in [-0.4, -0.2) is 44.1 Å². The third kappa shape index (κ3) is 2.76. The number of sulfone groups is 1. The van der Waals surface area contributed by atoms with Crippen LogP contribution in [0.15, 0.2) is 4.90 Å². The maximum Gasteiger partial charge on any atom is 0.182 e. The standard InChI is InChI=1S/C12H23N5O2S/c1-3-17-11(14)10(20(2,18)19)12(15-17)16-6-4-9(8-13)5-7-16/h9H,3-8,13-14H2,1-2H3. The summed E-state index contributed by atoms with van der Waals surface area (Å²) < 4.78 is 25.5. The fourth-order valence-electron chi connectivity index (χ4n) is 2.63. The van der Waals surface area contributed by atoms with Crippen molar-refractivity contribution >= 4 is 21.5 Å². The third-order valence-corrected chi connectivity index (χ3v) is 4.98. The van der Waals surface area contributed by atoms with Crippen molar-refractivity contribution in [3.8, 4) is 0 Å². The van der Waals surface area contributed by atoms with Gasteiger partial charge in [0.15, 0.2) is 20.6 Å². The summed E-state index contributed by atoms with van der Waals surface area (Å²) >= 11 is 0. The molecule has 0 saturated carbocycles. The SMILES string of the molecule is CCn1nc(N2CCC(CN)CC2)c(S(C)(=O)=O)c1N. The zero-order valence-corrected chi connectivity index (χ0v) is 12.9. The van der Waals surface area contributed by atoms with Crippen LogP contribution in [0.1, 0.15) is 19.8 Å². The van der Waals surface area contributed by atoms with Gasteiger partial charge in [-0.3, -0.25) is 0 Å². The number of nitrogens with two attached hydrogens (primary N) is 2. The molecule has 0 aliphatic carbocycles. The number of hydrogen-bond acceptors (Lipinski definition) is 6. The monoisotopic (exact) mass is 301 g/mol. The Morgan fingerprint density at radius 2 is 1.95 bits per heavy atom. The van der Waals surface area contributed by atoms with Gasteiger partial charge in [-0.1, -0.05) is 0 Å². The highest BCUT2D eigenvalue weighted by Gasteiger charge is 2.29. The summed E-state index contributed by atoms with van der Waals surface area (Å²) in [5.41, 5.74) is 11.6. The summed E-state index contributed by atoms with van der Waals surface area (Å²) in [5, 5.41) is 4.38. The van der Waals surface area contributed by atoms with E-state index in [0.717, 1.165) is 25.9 Å². The van der Waals surface area contributed by atoms with Crippen molar-refractivity contribution in [3.63, 3.8) is 0 Å². The summed E-state index contributed by atoms with van der Waals surface area (Å²) in [5.74, 6) is 1.23. The second-order valence-electron chi connectivity index (χ2n) is 5.29. The van der Waals surface area contributed by atoms with E-state index in [0.29, 0.717) is 24.8 Å². The molecule has 4 N–H and O–H groups in total. The number of anilines is 2. The molecular weight excluding hydrogens is 278 g/mol. The molecule has 1 aliphatic rings. The van der Waals surface area contributed by atoms with E-state index >= 15 is 0 Å². The first-order chi connectivity index (χ1) is 9.38. The minimum atomic E-state index is -3.40. The zero-order chi connectivity index (χ0) is 14.9. The van der Waals surface area contributed by atoms with Gasteiger partial charge in [0.2, 0.25) is 0 Å². The topological polar surface area (TPSA) is 107 Å². The lowest BCUT2D eigenvalue weighted by atomic mass is 9.97. The quantitative estimate of drug-likeness (QED) is 0.814. The van der Waals surface area contributed by atoms with Gasteiger partial charge in [-0.05, 0) is 32.2 Å². The van der Waals surface area contributed by atoms with Crippen LogP contribution in [0.5, 0.6) is 0 Å². The molecule has 0 radical (unpaired) electrons. The van der Waals surface area contributed by atoms with Crippen LogP contribution in [0, 0.1) is 5.92 Å². The Bertz CT molecular complexity index is 573. The number of nitrogens with zero attached hydrogens (tertiary/aromatic N) is 3. The molecule has 1 saturated heterocycles. The fourth-order valence-corrected chi connectivity index (χ4v) is 3.62. The van der Waals surface area contributed by atoms with E-state index in [-0.39, 0.29) is 10.7 Å². The predicted molar refractivity (Wildman–Crippen MR) is 79.4 cm³/mol. The Morgan fingerprint density at radius 3 is 2.40 bits per heavy atom. The van der Waals surface area contributed by atoms with Crippen LogP contribution < -0.4 is 16.4 Å². The van der Waals surface area contributed by atoms with Gasteiger partial charge >= 0.3 is 0 Å². The molecule has 2 rings (SSSR count). The molecule has 0 amide bonds. The Kier molecular flexibility index (Phi) is 4.24. The average Bonchev–Trinajstić information content (AvgIpc) is 2.75. The molecule has 0 unspecified atom stereocenters. The maximum absolute atomic E-state index is 12.0. The molecule has 8 heteroatoms. The van der Waals surface area contributed by atoms with Crippen LogP contribution in [0.3, 0.4) is 0 Å². The molecule has 1 aromatic heterocycles. The number of piperidine rings is 1. The van der Waals surface area contributed by atoms with Crippen molar-refractivity contribution in [3.05, 3.63) is 0 Å². The van der Waals surface area contributed by atoms with E-state index in [9.17, 15) is 8.42 Å². The zero-order valence-electron chi connectivity index (χ0n) is 12.0. The Morgan fingerprint density at radius 1 is 1.35 bits per heavy atom. The number of aryl methyl sites for hydroxylation is 1. The first kappa shape index (κ1) is 15.1. The highest BCUT2D eigenvalue weighted by Crippen LogP contribution is 2.32. The molecule has 20 heavy (non-hydrogen) atoms. The summed E-state index contributed by atoms with van der Waals surface area (Å²) in [6.07, 6.45) is 3.09. The number of hydrogen-bond donors (Lipinski definition) is 2. The largest absolute Gasteiger partial charge is 0.383 e. The molecule has 0 bridgehead atoms. The van der Waals surface area contributed by atoms with Gasteiger partial charge in [0.1, 0.15) is 5.82 Å². The van der Waals surface area contributed by atoms with Crippen molar-refractivity contribution in [2.75, 3.05) is 36.5 Å². The fraction of sp³-hybridized carbons (Fsp3) is 0.750. The summed E-state index contributed by atoms with van der Waals surface area (Å²) in [7, 11) is -3.40. The Hall–Kier alpha value is -1.28.